The minimum absolute atomic E-state index is 0.0288. The van der Waals surface area contributed by atoms with Crippen molar-refractivity contribution in [1.29, 1.82) is 0 Å². The SMILES string of the molecule is O=C(Nc1cnn(Oc2cccc(C(F)(F)F)c2)c1)c1ccccc1. The maximum atomic E-state index is 12.7. The van der Waals surface area contributed by atoms with Crippen LogP contribution in [0.4, 0.5) is 18.9 Å². The molecule has 1 amide bonds. The molecule has 1 aromatic heterocycles. The van der Waals surface area contributed by atoms with E-state index in [0.717, 1.165) is 17.0 Å². The summed E-state index contributed by atoms with van der Waals surface area (Å²) in [4.78, 5) is 18.2. The molecule has 1 N–H and O–H groups in total. The van der Waals surface area contributed by atoms with Crippen LogP contribution in [0.3, 0.4) is 0 Å². The molecule has 0 spiro atoms. The van der Waals surface area contributed by atoms with Crippen LogP contribution in [0.15, 0.2) is 67.0 Å². The first-order valence-corrected chi connectivity index (χ1v) is 7.18. The molecule has 0 aliphatic carbocycles. The van der Waals surface area contributed by atoms with Crippen molar-refractivity contribution in [3.63, 3.8) is 0 Å². The Bertz CT molecular complexity index is 876. The first-order valence-electron chi connectivity index (χ1n) is 7.18. The largest absolute Gasteiger partial charge is 0.416 e. The number of hydrogen-bond donors (Lipinski definition) is 1. The Kier molecular flexibility index (Phi) is 4.42. The quantitative estimate of drug-likeness (QED) is 0.776. The summed E-state index contributed by atoms with van der Waals surface area (Å²) < 4.78 is 38.1. The van der Waals surface area contributed by atoms with Gasteiger partial charge in [0, 0.05) is 5.56 Å². The molecule has 0 aliphatic rings. The second-order valence-corrected chi connectivity index (χ2v) is 5.07. The van der Waals surface area contributed by atoms with Crippen molar-refractivity contribution in [2.45, 2.75) is 6.18 Å². The van der Waals surface area contributed by atoms with E-state index in [1.807, 2.05) is 0 Å². The monoisotopic (exact) mass is 347 g/mol. The zero-order chi connectivity index (χ0) is 17.9. The lowest BCUT2D eigenvalue weighted by Crippen LogP contribution is -2.11. The Morgan fingerprint density at radius 1 is 1.08 bits per heavy atom. The number of amides is 1. The Labute approximate surface area is 140 Å². The number of carbonyl (C=O) groups excluding carboxylic acids is 1. The Morgan fingerprint density at radius 2 is 1.84 bits per heavy atom. The van der Waals surface area contributed by atoms with Crippen molar-refractivity contribution in [3.8, 4) is 5.75 Å². The van der Waals surface area contributed by atoms with Crippen molar-refractivity contribution >= 4 is 11.6 Å². The number of rotatable bonds is 4. The third-order valence-electron chi connectivity index (χ3n) is 3.21. The van der Waals surface area contributed by atoms with Gasteiger partial charge in [-0.15, -0.1) is 5.10 Å². The summed E-state index contributed by atoms with van der Waals surface area (Å²) in [6.07, 6.45) is -1.78. The molecule has 8 heteroatoms. The summed E-state index contributed by atoms with van der Waals surface area (Å²) in [5, 5.41) is 6.47. The van der Waals surface area contributed by atoms with Gasteiger partial charge < -0.3 is 10.2 Å². The lowest BCUT2D eigenvalue weighted by molar-refractivity contribution is -0.137. The van der Waals surface area contributed by atoms with E-state index in [-0.39, 0.29) is 11.7 Å². The number of hydrogen-bond acceptors (Lipinski definition) is 3. The second-order valence-electron chi connectivity index (χ2n) is 5.07. The van der Waals surface area contributed by atoms with Gasteiger partial charge in [0.2, 0.25) is 0 Å². The maximum Gasteiger partial charge on any atom is 0.416 e. The number of alkyl halides is 3. The third kappa shape index (κ3) is 4.17. The van der Waals surface area contributed by atoms with Gasteiger partial charge in [0.25, 0.3) is 5.91 Å². The Hall–Kier alpha value is -3.29. The van der Waals surface area contributed by atoms with Crippen molar-refractivity contribution < 1.29 is 22.8 Å². The van der Waals surface area contributed by atoms with Gasteiger partial charge in [-0.3, -0.25) is 4.79 Å². The summed E-state index contributed by atoms with van der Waals surface area (Å²) in [6, 6.07) is 13.0. The van der Waals surface area contributed by atoms with Crippen molar-refractivity contribution in [2.24, 2.45) is 0 Å². The molecule has 2 aromatic carbocycles. The van der Waals surface area contributed by atoms with E-state index in [1.54, 1.807) is 30.3 Å². The van der Waals surface area contributed by atoms with E-state index < -0.39 is 11.7 Å². The van der Waals surface area contributed by atoms with Gasteiger partial charge in [0.15, 0.2) is 5.75 Å². The Morgan fingerprint density at radius 3 is 2.56 bits per heavy atom. The predicted octanol–water partition coefficient (Wildman–Crippen LogP) is 4.00. The van der Waals surface area contributed by atoms with Gasteiger partial charge >= 0.3 is 6.18 Å². The molecule has 128 valence electrons. The van der Waals surface area contributed by atoms with Crippen LogP contribution in [0.2, 0.25) is 0 Å². The molecule has 3 aromatic rings. The first kappa shape index (κ1) is 16.6. The number of nitrogens with zero attached hydrogens (tertiary/aromatic N) is 2. The van der Waals surface area contributed by atoms with Gasteiger partial charge in [-0.1, -0.05) is 29.1 Å². The lowest BCUT2D eigenvalue weighted by atomic mass is 10.2. The molecule has 3 rings (SSSR count). The molecule has 0 aliphatic heterocycles. The van der Waals surface area contributed by atoms with Crippen LogP contribution in [0, 0.1) is 0 Å². The van der Waals surface area contributed by atoms with E-state index in [1.165, 1.54) is 24.5 Å². The molecule has 0 unspecified atom stereocenters. The highest BCUT2D eigenvalue weighted by Gasteiger charge is 2.30. The molecular weight excluding hydrogens is 335 g/mol. The fourth-order valence-electron chi connectivity index (χ4n) is 2.05. The van der Waals surface area contributed by atoms with E-state index in [0.29, 0.717) is 11.3 Å². The van der Waals surface area contributed by atoms with Crippen LogP contribution in [-0.4, -0.2) is 15.9 Å². The summed E-state index contributed by atoms with van der Waals surface area (Å²) in [5.74, 6) is -0.363. The minimum Gasteiger partial charge on any atom is -0.358 e. The fourth-order valence-corrected chi connectivity index (χ4v) is 2.05. The van der Waals surface area contributed by atoms with Crippen LogP contribution < -0.4 is 10.2 Å². The summed E-state index contributed by atoms with van der Waals surface area (Å²) >= 11 is 0. The number of carbonyl (C=O) groups is 1. The lowest BCUT2D eigenvalue weighted by Gasteiger charge is -2.09. The van der Waals surface area contributed by atoms with Crippen LogP contribution in [0.1, 0.15) is 15.9 Å². The normalized spacial score (nSPS) is 11.2. The summed E-state index contributed by atoms with van der Waals surface area (Å²) in [7, 11) is 0. The molecule has 0 radical (unpaired) electrons. The molecule has 0 saturated heterocycles. The minimum atomic E-state index is -4.46. The summed E-state index contributed by atoms with van der Waals surface area (Å²) in [6.45, 7) is 0. The highest BCUT2D eigenvalue weighted by molar-refractivity contribution is 6.04. The molecule has 0 bridgehead atoms. The Balaban J connectivity index is 1.69. The zero-order valence-corrected chi connectivity index (χ0v) is 12.7. The van der Waals surface area contributed by atoms with Crippen molar-refractivity contribution in [1.82, 2.24) is 9.94 Å². The third-order valence-corrected chi connectivity index (χ3v) is 3.21. The van der Waals surface area contributed by atoms with Gasteiger partial charge in [-0.2, -0.15) is 13.2 Å². The average molecular weight is 347 g/mol. The molecule has 1 heterocycles. The number of anilines is 1. The van der Waals surface area contributed by atoms with Crippen LogP contribution >= 0.6 is 0 Å². The number of benzene rings is 2. The van der Waals surface area contributed by atoms with Gasteiger partial charge in [-0.25, -0.2) is 0 Å². The van der Waals surface area contributed by atoms with E-state index in [9.17, 15) is 18.0 Å². The van der Waals surface area contributed by atoms with Crippen LogP contribution in [0.5, 0.6) is 5.75 Å². The van der Waals surface area contributed by atoms with E-state index in [4.69, 9.17) is 4.84 Å². The molecular formula is C17H12F3N3O2. The van der Waals surface area contributed by atoms with Crippen LogP contribution in [0.25, 0.3) is 0 Å². The molecule has 25 heavy (non-hydrogen) atoms. The fraction of sp³-hybridized carbons (Fsp3) is 0.0588. The summed E-state index contributed by atoms with van der Waals surface area (Å²) in [5.41, 5.74) is -0.00960. The highest BCUT2D eigenvalue weighted by Crippen LogP contribution is 2.31. The number of halogens is 3. The van der Waals surface area contributed by atoms with Gasteiger partial charge in [0.05, 0.1) is 23.6 Å². The second kappa shape index (κ2) is 6.68. The average Bonchev–Trinajstić information content (AvgIpc) is 3.02. The standard InChI is InChI=1S/C17H12F3N3O2/c18-17(19,20)13-7-4-8-15(9-13)25-23-11-14(10-21-23)22-16(24)12-5-2-1-3-6-12/h1-11H,(H,22,24). The van der Waals surface area contributed by atoms with Gasteiger partial charge in [0.1, 0.15) is 0 Å². The molecule has 0 saturated carbocycles. The first-order chi connectivity index (χ1) is 11.9. The van der Waals surface area contributed by atoms with Crippen molar-refractivity contribution in [2.75, 3.05) is 5.32 Å². The van der Waals surface area contributed by atoms with Crippen molar-refractivity contribution in [3.05, 3.63) is 78.1 Å². The molecule has 5 nitrogen and oxygen atoms in total. The smallest absolute Gasteiger partial charge is 0.358 e. The maximum absolute atomic E-state index is 12.7. The molecule has 0 atom stereocenters. The number of aromatic nitrogens is 2. The highest BCUT2D eigenvalue weighted by atomic mass is 19.4. The molecule has 0 fully saturated rings. The van der Waals surface area contributed by atoms with Crippen LogP contribution in [-0.2, 0) is 6.18 Å². The predicted molar refractivity (Wildman–Crippen MR) is 84.1 cm³/mol. The van der Waals surface area contributed by atoms with Gasteiger partial charge in [-0.05, 0) is 30.3 Å². The topological polar surface area (TPSA) is 56.2 Å². The number of nitrogens with one attached hydrogen (secondary N) is 1. The van der Waals surface area contributed by atoms with E-state index >= 15 is 0 Å². The zero-order valence-electron chi connectivity index (χ0n) is 12.7. The van der Waals surface area contributed by atoms with E-state index in [2.05, 4.69) is 10.4 Å².